The fourth-order valence-electron chi connectivity index (χ4n) is 2.03. The highest BCUT2D eigenvalue weighted by Crippen LogP contribution is 2.37. The maximum absolute atomic E-state index is 6.23. The lowest BCUT2D eigenvalue weighted by atomic mass is 10.0. The highest BCUT2D eigenvalue weighted by molar-refractivity contribution is 6.32. The van der Waals surface area contributed by atoms with Crippen LogP contribution in [0.4, 0.5) is 0 Å². The Morgan fingerprint density at radius 2 is 2.20 bits per heavy atom. The third-order valence-corrected chi connectivity index (χ3v) is 3.22. The van der Waals surface area contributed by atoms with Crippen molar-refractivity contribution in [3.63, 3.8) is 0 Å². The monoisotopic (exact) mass is 295 g/mol. The third kappa shape index (κ3) is 3.26. The van der Waals surface area contributed by atoms with Crippen molar-refractivity contribution in [2.45, 2.75) is 19.4 Å². The minimum absolute atomic E-state index is 0.219. The van der Waals surface area contributed by atoms with Gasteiger partial charge in [-0.1, -0.05) is 11.6 Å². The lowest BCUT2D eigenvalue weighted by Gasteiger charge is -2.14. The van der Waals surface area contributed by atoms with Gasteiger partial charge in [-0.2, -0.15) is 0 Å². The summed E-state index contributed by atoms with van der Waals surface area (Å²) < 4.78 is 16.1. The average Bonchev–Trinajstić information content (AvgIpc) is 2.95. The Balaban J connectivity index is 2.22. The van der Waals surface area contributed by atoms with E-state index in [-0.39, 0.29) is 6.04 Å². The summed E-state index contributed by atoms with van der Waals surface area (Å²) >= 11 is 6.23. The maximum atomic E-state index is 6.23. The van der Waals surface area contributed by atoms with Crippen LogP contribution < -0.4 is 15.2 Å². The fraction of sp³-hybridized carbons (Fsp3) is 0.333. The molecule has 108 valence electrons. The van der Waals surface area contributed by atoms with Crippen LogP contribution in [-0.2, 0) is 6.42 Å². The van der Waals surface area contributed by atoms with Crippen LogP contribution in [0.3, 0.4) is 0 Å². The number of hydrogen-bond acceptors (Lipinski definition) is 4. The Morgan fingerprint density at radius 3 is 2.80 bits per heavy atom. The quantitative estimate of drug-likeness (QED) is 0.885. The molecule has 0 saturated carbocycles. The molecule has 0 saturated heterocycles. The van der Waals surface area contributed by atoms with Crippen LogP contribution in [0.25, 0.3) is 0 Å². The molecule has 1 aromatic carbocycles. The minimum Gasteiger partial charge on any atom is -0.493 e. The van der Waals surface area contributed by atoms with Crippen LogP contribution in [0.15, 0.2) is 34.9 Å². The first-order valence-electron chi connectivity index (χ1n) is 6.43. The molecule has 2 aromatic rings. The zero-order valence-corrected chi connectivity index (χ0v) is 12.3. The van der Waals surface area contributed by atoms with E-state index in [0.29, 0.717) is 29.5 Å². The number of benzene rings is 1. The summed E-state index contributed by atoms with van der Waals surface area (Å²) in [5.41, 5.74) is 7.07. The van der Waals surface area contributed by atoms with Crippen LogP contribution in [0.1, 0.15) is 24.3 Å². The average molecular weight is 296 g/mol. The van der Waals surface area contributed by atoms with Crippen molar-refractivity contribution < 1.29 is 13.9 Å². The molecular weight excluding hydrogens is 278 g/mol. The van der Waals surface area contributed by atoms with Crippen molar-refractivity contribution in [2.24, 2.45) is 5.73 Å². The molecule has 0 aliphatic carbocycles. The van der Waals surface area contributed by atoms with Crippen molar-refractivity contribution >= 4 is 11.6 Å². The van der Waals surface area contributed by atoms with Crippen LogP contribution in [0.2, 0.25) is 5.02 Å². The SMILES string of the molecule is CCOc1c(Cl)cc(CC(N)c2ccco2)cc1OC. The Morgan fingerprint density at radius 1 is 1.40 bits per heavy atom. The molecule has 1 atom stereocenters. The van der Waals surface area contributed by atoms with E-state index < -0.39 is 0 Å². The second kappa shape index (κ2) is 6.68. The Bertz CT molecular complexity index is 554. The predicted octanol–water partition coefficient (Wildman–Crippen LogP) is 3.58. The molecule has 2 rings (SSSR count). The van der Waals surface area contributed by atoms with E-state index in [2.05, 4.69) is 0 Å². The van der Waals surface area contributed by atoms with Gasteiger partial charge >= 0.3 is 0 Å². The van der Waals surface area contributed by atoms with Crippen molar-refractivity contribution in [1.82, 2.24) is 0 Å². The molecular formula is C15H18ClNO3. The number of hydrogen-bond donors (Lipinski definition) is 1. The van der Waals surface area contributed by atoms with E-state index >= 15 is 0 Å². The van der Waals surface area contributed by atoms with Gasteiger partial charge in [0.2, 0.25) is 0 Å². The first-order chi connectivity index (χ1) is 9.65. The predicted molar refractivity (Wildman–Crippen MR) is 78.5 cm³/mol. The van der Waals surface area contributed by atoms with Crippen LogP contribution in [0, 0.1) is 0 Å². The van der Waals surface area contributed by atoms with Crippen LogP contribution in [0.5, 0.6) is 11.5 Å². The molecule has 0 amide bonds. The van der Waals surface area contributed by atoms with Gasteiger partial charge in [0.15, 0.2) is 11.5 Å². The molecule has 0 spiro atoms. The van der Waals surface area contributed by atoms with Crippen molar-refractivity contribution in [3.8, 4) is 11.5 Å². The van der Waals surface area contributed by atoms with Gasteiger partial charge in [-0.25, -0.2) is 0 Å². The summed E-state index contributed by atoms with van der Waals surface area (Å²) in [5, 5.41) is 0.521. The number of methoxy groups -OCH3 is 1. The largest absolute Gasteiger partial charge is 0.493 e. The smallest absolute Gasteiger partial charge is 0.179 e. The number of furan rings is 1. The molecule has 0 bridgehead atoms. The van der Waals surface area contributed by atoms with E-state index in [1.807, 2.05) is 31.2 Å². The van der Waals surface area contributed by atoms with Gasteiger partial charge < -0.3 is 19.6 Å². The van der Waals surface area contributed by atoms with E-state index in [0.717, 1.165) is 11.3 Å². The molecule has 1 unspecified atom stereocenters. The second-order valence-electron chi connectivity index (χ2n) is 4.37. The molecule has 0 aliphatic rings. The van der Waals surface area contributed by atoms with Gasteiger partial charge in [0.25, 0.3) is 0 Å². The Hall–Kier alpha value is -1.65. The first kappa shape index (κ1) is 14.8. The Labute approximate surface area is 123 Å². The van der Waals surface area contributed by atoms with Gasteiger partial charge in [-0.05, 0) is 43.2 Å². The highest BCUT2D eigenvalue weighted by atomic mass is 35.5. The molecule has 0 fully saturated rings. The van der Waals surface area contributed by atoms with E-state index in [1.54, 1.807) is 13.4 Å². The van der Waals surface area contributed by atoms with E-state index in [4.69, 9.17) is 31.2 Å². The van der Waals surface area contributed by atoms with Gasteiger partial charge in [0.05, 0.1) is 31.0 Å². The summed E-state index contributed by atoms with van der Waals surface area (Å²) in [4.78, 5) is 0. The van der Waals surface area contributed by atoms with Crippen molar-refractivity contribution in [3.05, 3.63) is 46.9 Å². The third-order valence-electron chi connectivity index (χ3n) is 2.94. The second-order valence-corrected chi connectivity index (χ2v) is 4.78. The maximum Gasteiger partial charge on any atom is 0.179 e. The first-order valence-corrected chi connectivity index (χ1v) is 6.81. The summed E-state index contributed by atoms with van der Waals surface area (Å²) in [6, 6.07) is 7.19. The summed E-state index contributed by atoms with van der Waals surface area (Å²) in [6.45, 7) is 2.43. The minimum atomic E-state index is -0.219. The zero-order valence-electron chi connectivity index (χ0n) is 11.6. The molecule has 1 heterocycles. The van der Waals surface area contributed by atoms with Gasteiger partial charge in [-0.3, -0.25) is 0 Å². The highest BCUT2D eigenvalue weighted by Gasteiger charge is 2.15. The van der Waals surface area contributed by atoms with Crippen LogP contribution in [-0.4, -0.2) is 13.7 Å². The lowest BCUT2D eigenvalue weighted by molar-refractivity contribution is 0.311. The topological polar surface area (TPSA) is 57.6 Å². The zero-order chi connectivity index (χ0) is 14.5. The van der Waals surface area contributed by atoms with Crippen molar-refractivity contribution in [2.75, 3.05) is 13.7 Å². The summed E-state index contributed by atoms with van der Waals surface area (Å²) in [7, 11) is 1.59. The van der Waals surface area contributed by atoms with Gasteiger partial charge in [0, 0.05) is 0 Å². The molecule has 5 heteroatoms. The van der Waals surface area contributed by atoms with Gasteiger partial charge in [-0.15, -0.1) is 0 Å². The molecule has 1 aromatic heterocycles. The summed E-state index contributed by atoms with van der Waals surface area (Å²) in [5.74, 6) is 1.92. The van der Waals surface area contributed by atoms with E-state index in [9.17, 15) is 0 Å². The fourth-order valence-corrected chi connectivity index (χ4v) is 2.32. The number of ether oxygens (including phenoxy) is 2. The van der Waals surface area contributed by atoms with Crippen LogP contribution >= 0.6 is 11.6 Å². The normalized spacial score (nSPS) is 12.2. The summed E-state index contributed by atoms with van der Waals surface area (Å²) in [6.07, 6.45) is 2.22. The van der Waals surface area contributed by atoms with Gasteiger partial charge in [0.1, 0.15) is 5.76 Å². The molecule has 2 N–H and O–H groups in total. The van der Waals surface area contributed by atoms with Crippen molar-refractivity contribution in [1.29, 1.82) is 0 Å². The lowest BCUT2D eigenvalue weighted by Crippen LogP contribution is -2.12. The van der Waals surface area contributed by atoms with E-state index in [1.165, 1.54) is 0 Å². The molecule has 20 heavy (non-hydrogen) atoms. The standard InChI is InChI=1S/C15H18ClNO3/c1-3-19-15-11(16)7-10(9-14(15)18-2)8-12(17)13-5-4-6-20-13/h4-7,9,12H,3,8,17H2,1-2H3. The number of halogens is 1. The molecule has 4 nitrogen and oxygen atoms in total. The number of nitrogens with two attached hydrogens (primary N) is 1. The molecule has 0 radical (unpaired) electrons. The molecule has 0 aliphatic heterocycles. The number of rotatable bonds is 6. The Kier molecular flexibility index (Phi) is 4.93.